The first-order chi connectivity index (χ1) is 12.3. The van der Waals surface area contributed by atoms with Crippen LogP contribution in [-0.4, -0.2) is 11.0 Å². The highest BCUT2D eigenvalue weighted by atomic mass is 19.1. The van der Waals surface area contributed by atoms with Gasteiger partial charge >= 0.3 is 5.97 Å². The van der Waals surface area contributed by atoms with Crippen LogP contribution < -0.4 is 4.74 Å². The fourth-order valence-electron chi connectivity index (χ4n) is 2.21. The smallest absolute Gasteiger partial charge is 0.342 e. The van der Waals surface area contributed by atoms with Crippen LogP contribution in [0.2, 0.25) is 0 Å². The molecule has 0 spiro atoms. The van der Waals surface area contributed by atoms with Crippen molar-refractivity contribution in [2.24, 2.45) is 0 Å². The van der Waals surface area contributed by atoms with Crippen LogP contribution in [0.1, 0.15) is 21.5 Å². The number of halogens is 1. The maximum absolute atomic E-state index is 12.5. The summed E-state index contributed by atoms with van der Waals surface area (Å²) in [5, 5.41) is 0. The van der Waals surface area contributed by atoms with Gasteiger partial charge in [-0.05, 0) is 35.4 Å². The molecule has 0 bridgehead atoms. The summed E-state index contributed by atoms with van der Waals surface area (Å²) in [4.78, 5) is 16.4. The van der Waals surface area contributed by atoms with E-state index < -0.39 is 12.6 Å². The van der Waals surface area contributed by atoms with Gasteiger partial charge in [0.1, 0.15) is 30.3 Å². The number of pyridine rings is 1. The normalized spacial score (nSPS) is 10.3. The van der Waals surface area contributed by atoms with E-state index in [4.69, 9.17) is 9.47 Å². The summed E-state index contributed by atoms with van der Waals surface area (Å²) < 4.78 is 23.6. The minimum absolute atomic E-state index is 0.104. The first kappa shape index (κ1) is 16.6. The van der Waals surface area contributed by atoms with Crippen molar-refractivity contribution in [3.63, 3.8) is 0 Å². The monoisotopic (exact) mass is 337 g/mol. The van der Waals surface area contributed by atoms with Gasteiger partial charge in [-0.2, -0.15) is 0 Å². The molecule has 5 heteroatoms. The van der Waals surface area contributed by atoms with Crippen LogP contribution in [0.25, 0.3) is 0 Å². The molecule has 0 saturated heterocycles. The molecule has 0 N–H and O–H groups in total. The zero-order chi connectivity index (χ0) is 17.5. The van der Waals surface area contributed by atoms with E-state index in [2.05, 4.69) is 4.98 Å². The molecule has 0 fully saturated rings. The molecule has 126 valence electrons. The highest BCUT2D eigenvalue weighted by molar-refractivity contribution is 5.92. The summed E-state index contributed by atoms with van der Waals surface area (Å²) in [6, 6.07) is 17.2. The van der Waals surface area contributed by atoms with E-state index in [1.807, 2.05) is 0 Å². The number of ether oxygens (including phenoxy) is 2. The first-order valence-corrected chi connectivity index (χ1v) is 7.74. The molecule has 0 radical (unpaired) electrons. The highest BCUT2D eigenvalue weighted by Gasteiger charge is 2.14. The Labute approximate surface area is 144 Å². The molecule has 0 aliphatic heterocycles. The maximum Gasteiger partial charge on any atom is 0.342 e. The van der Waals surface area contributed by atoms with Crippen molar-refractivity contribution in [2.75, 3.05) is 0 Å². The summed E-state index contributed by atoms with van der Waals surface area (Å²) >= 11 is 0. The summed E-state index contributed by atoms with van der Waals surface area (Å²) in [7, 11) is 0. The Morgan fingerprint density at radius 2 is 1.72 bits per heavy atom. The Balaban J connectivity index is 1.69. The number of esters is 1. The maximum atomic E-state index is 12.5. The zero-order valence-corrected chi connectivity index (χ0v) is 13.4. The molecule has 0 unspecified atom stereocenters. The quantitative estimate of drug-likeness (QED) is 0.612. The lowest BCUT2D eigenvalue weighted by molar-refractivity contribution is 0.0470. The van der Waals surface area contributed by atoms with Gasteiger partial charge in [0, 0.05) is 6.20 Å². The molecule has 1 heterocycles. The van der Waals surface area contributed by atoms with Crippen LogP contribution in [0.15, 0.2) is 73.1 Å². The number of hydrogen-bond acceptors (Lipinski definition) is 4. The summed E-state index contributed by atoms with van der Waals surface area (Å²) in [5.74, 6) is 0.437. The van der Waals surface area contributed by atoms with Crippen LogP contribution in [0.4, 0.5) is 4.39 Å². The van der Waals surface area contributed by atoms with Gasteiger partial charge in [-0.3, -0.25) is 4.98 Å². The largest absolute Gasteiger partial charge is 0.457 e. The Kier molecular flexibility index (Phi) is 5.36. The average Bonchev–Trinajstić information content (AvgIpc) is 2.68. The molecule has 0 aliphatic carbocycles. The van der Waals surface area contributed by atoms with Gasteiger partial charge < -0.3 is 9.47 Å². The summed E-state index contributed by atoms with van der Waals surface area (Å²) in [6.45, 7) is -0.411. The number of hydrogen-bond donors (Lipinski definition) is 0. The molecule has 4 nitrogen and oxygen atoms in total. The van der Waals surface area contributed by atoms with E-state index in [1.54, 1.807) is 73.1 Å². The molecule has 0 atom stereocenters. The van der Waals surface area contributed by atoms with E-state index in [-0.39, 0.29) is 6.61 Å². The second-order valence-corrected chi connectivity index (χ2v) is 5.31. The number of carbonyl (C=O) groups is 1. The van der Waals surface area contributed by atoms with Gasteiger partial charge in [-0.15, -0.1) is 0 Å². The second kappa shape index (κ2) is 8.06. The minimum atomic E-state index is -0.515. The molecular weight excluding hydrogens is 321 g/mol. The topological polar surface area (TPSA) is 48.4 Å². The van der Waals surface area contributed by atoms with E-state index in [9.17, 15) is 9.18 Å². The van der Waals surface area contributed by atoms with Gasteiger partial charge in [-0.1, -0.05) is 36.4 Å². The number of carbonyl (C=O) groups excluding carboxylic acids is 1. The van der Waals surface area contributed by atoms with E-state index >= 15 is 0 Å². The lowest BCUT2D eigenvalue weighted by Gasteiger charge is -2.11. The van der Waals surface area contributed by atoms with Crippen LogP contribution in [0.3, 0.4) is 0 Å². The van der Waals surface area contributed by atoms with Crippen molar-refractivity contribution in [3.8, 4) is 11.5 Å². The van der Waals surface area contributed by atoms with Gasteiger partial charge in [0.2, 0.25) is 0 Å². The average molecular weight is 337 g/mol. The van der Waals surface area contributed by atoms with Crippen molar-refractivity contribution in [3.05, 3.63) is 89.7 Å². The zero-order valence-electron chi connectivity index (χ0n) is 13.4. The van der Waals surface area contributed by atoms with E-state index in [1.165, 1.54) is 0 Å². The Hall–Kier alpha value is -3.21. The Morgan fingerprint density at radius 3 is 2.44 bits per heavy atom. The summed E-state index contributed by atoms with van der Waals surface area (Å²) in [6.07, 6.45) is 3.20. The van der Waals surface area contributed by atoms with Gasteiger partial charge in [0.05, 0.1) is 6.20 Å². The van der Waals surface area contributed by atoms with Crippen LogP contribution in [0.5, 0.6) is 11.5 Å². The lowest BCUT2D eigenvalue weighted by atomic mass is 10.1. The molecule has 0 saturated carbocycles. The minimum Gasteiger partial charge on any atom is -0.457 e. The fourth-order valence-corrected chi connectivity index (χ4v) is 2.21. The standard InChI is InChI=1S/C20H16FNO3/c21-12-15-7-9-16(10-8-15)14-24-20(23)18-5-1-2-6-19(18)25-17-4-3-11-22-13-17/h1-11,13H,12,14H2. The third kappa shape index (κ3) is 4.41. The SMILES string of the molecule is O=C(OCc1ccc(CF)cc1)c1ccccc1Oc1cccnc1. The second-order valence-electron chi connectivity index (χ2n) is 5.31. The third-order valence-corrected chi connectivity index (χ3v) is 3.52. The molecular formula is C20H16FNO3. The predicted octanol–water partition coefficient (Wildman–Crippen LogP) is 4.70. The van der Waals surface area contributed by atoms with Crippen molar-refractivity contribution in [1.29, 1.82) is 0 Å². The molecule has 0 amide bonds. The van der Waals surface area contributed by atoms with Crippen molar-refractivity contribution in [2.45, 2.75) is 13.3 Å². The lowest BCUT2D eigenvalue weighted by Crippen LogP contribution is -2.07. The van der Waals surface area contributed by atoms with Gasteiger partial charge in [0.25, 0.3) is 0 Å². The molecule has 0 aliphatic rings. The Bertz CT molecular complexity index is 835. The molecule has 2 aromatic carbocycles. The number of aromatic nitrogens is 1. The van der Waals surface area contributed by atoms with Crippen molar-refractivity contribution < 1.29 is 18.7 Å². The number of rotatable bonds is 6. The van der Waals surface area contributed by atoms with E-state index in [0.717, 1.165) is 5.56 Å². The summed E-state index contributed by atoms with van der Waals surface area (Å²) in [5.41, 5.74) is 1.70. The van der Waals surface area contributed by atoms with E-state index in [0.29, 0.717) is 22.6 Å². The molecule has 3 aromatic rings. The van der Waals surface area contributed by atoms with Crippen LogP contribution in [-0.2, 0) is 18.0 Å². The first-order valence-electron chi connectivity index (χ1n) is 7.74. The highest BCUT2D eigenvalue weighted by Crippen LogP contribution is 2.25. The molecule has 25 heavy (non-hydrogen) atoms. The number of benzene rings is 2. The number of alkyl halides is 1. The van der Waals surface area contributed by atoms with Crippen LogP contribution in [0, 0.1) is 0 Å². The number of nitrogens with zero attached hydrogens (tertiary/aromatic N) is 1. The van der Waals surface area contributed by atoms with Crippen molar-refractivity contribution in [1.82, 2.24) is 4.98 Å². The third-order valence-electron chi connectivity index (χ3n) is 3.52. The molecule has 1 aromatic heterocycles. The fraction of sp³-hybridized carbons (Fsp3) is 0.100. The van der Waals surface area contributed by atoms with Gasteiger partial charge in [-0.25, -0.2) is 9.18 Å². The van der Waals surface area contributed by atoms with Crippen LogP contribution >= 0.6 is 0 Å². The Morgan fingerprint density at radius 1 is 0.960 bits per heavy atom. The predicted molar refractivity (Wildman–Crippen MR) is 91.1 cm³/mol. The molecule has 3 rings (SSSR count). The number of para-hydroxylation sites is 1. The van der Waals surface area contributed by atoms with Gasteiger partial charge in [0.15, 0.2) is 0 Å². The van der Waals surface area contributed by atoms with Crippen molar-refractivity contribution >= 4 is 5.97 Å².